The molecule has 2 aromatic heterocycles. The lowest BCUT2D eigenvalue weighted by Crippen LogP contribution is -2.53. The van der Waals surface area contributed by atoms with Crippen LogP contribution in [0.15, 0.2) is 67.0 Å². The van der Waals surface area contributed by atoms with Crippen LogP contribution in [0, 0.1) is 5.92 Å². The molecule has 0 aliphatic carbocycles. The molecule has 2 aromatic carbocycles. The number of esters is 2. The number of piperidine rings is 3. The van der Waals surface area contributed by atoms with E-state index in [2.05, 4.69) is 20.9 Å². The van der Waals surface area contributed by atoms with Crippen LogP contribution in [0.5, 0.6) is 11.5 Å². The summed E-state index contributed by atoms with van der Waals surface area (Å²) in [4.78, 5) is 36.6. The Bertz CT molecular complexity index is 1840. The van der Waals surface area contributed by atoms with Gasteiger partial charge >= 0.3 is 11.9 Å². The van der Waals surface area contributed by atoms with Crippen molar-refractivity contribution in [3.05, 3.63) is 109 Å². The van der Waals surface area contributed by atoms with Gasteiger partial charge in [0.25, 0.3) is 0 Å². The highest BCUT2D eigenvalue weighted by molar-refractivity contribution is 7.13. The number of halogens is 2. The van der Waals surface area contributed by atoms with Crippen molar-refractivity contribution in [2.24, 2.45) is 5.92 Å². The molecule has 3 atom stereocenters. The third kappa shape index (κ3) is 7.36. The first kappa shape index (κ1) is 34.8. The summed E-state index contributed by atoms with van der Waals surface area (Å²) < 4.78 is 23.4. The Balaban J connectivity index is 1.10. The van der Waals surface area contributed by atoms with Crippen molar-refractivity contribution < 1.29 is 33.5 Å². The molecule has 0 spiro atoms. The highest BCUT2D eigenvalue weighted by Crippen LogP contribution is 2.38. The van der Waals surface area contributed by atoms with E-state index < -0.39 is 18.1 Å². The van der Waals surface area contributed by atoms with E-state index in [-0.39, 0.29) is 18.5 Å². The molecule has 0 saturated carbocycles. The lowest BCUT2D eigenvalue weighted by atomic mass is 9.85. The largest absolute Gasteiger partial charge is 0.493 e. The lowest BCUT2D eigenvalue weighted by molar-refractivity contribution is -0.377. The molecular weight excluding hydrogens is 697 g/mol. The van der Waals surface area contributed by atoms with Crippen LogP contribution in [0.1, 0.15) is 61.8 Å². The van der Waals surface area contributed by atoms with Crippen molar-refractivity contribution in [3.8, 4) is 11.5 Å². The van der Waals surface area contributed by atoms with E-state index in [1.54, 1.807) is 44.8 Å². The number of thiophene rings is 1. The minimum atomic E-state index is -0.727. The number of aromatic nitrogens is 1. The van der Waals surface area contributed by atoms with Crippen molar-refractivity contribution in [2.75, 3.05) is 40.4 Å². The Labute approximate surface area is 306 Å². The maximum absolute atomic E-state index is 14.0. The number of carbonyl (C=O) groups is 2. The molecule has 1 N–H and O–H groups in total. The average Bonchev–Trinajstić information content (AvgIpc) is 3.61. The maximum atomic E-state index is 14.0. The molecule has 4 aromatic rings. The molecule has 262 valence electrons. The number of aromatic amines is 1. The Morgan fingerprint density at radius 1 is 0.960 bits per heavy atom. The van der Waals surface area contributed by atoms with E-state index in [0.717, 1.165) is 49.3 Å². The van der Waals surface area contributed by atoms with Gasteiger partial charge in [-0.25, -0.2) is 14.6 Å². The van der Waals surface area contributed by atoms with Crippen molar-refractivity contribution >= 4 is 46.5 Å². The van der Waals surface area contributed by atoms with E-state index in [1.807, 2.05) is 30.3 Å². The van der Waals surface area contributed by atoms with Gasteiger partial charge in [-0.1, -0.05) is 53.5 Å². The van der Waals surface area contributed by atoms with Gasteiger partial charge in [0, 0.05) is 36.5 Å². The molecule has 1 unspecified atom stereocenters. The fourth-order valence-corrected chi connectivity index (χ4v) is 8.87. The highest BCUT2D eigenvalue weighted by Gasteiger charge is 2.40. The van der Waals surface area contributed by atoms with Gasteiger partial charge in [0.15, 0.2) is 23.9 Å². The van der Waals surface area contributed by atoms with Crippen LogP contribution in [0.4, 0.5) is 0 Å². The van der Waals surface area contributed by atoms with Gasteiger partial charge in [0.2, 0.25) is 0 Å². The number of pyridine rings is 1. The standard InChI is InChI=1S/C38H39Cl2N3O6S/c1-46-31-9-7-25(17-33(31)47-2)32(18-28-29(39)19-41-20-30(28)40)48-37(44)35-10-8-26(50-35)21-43-16-13-23-5-3-4-6-27(23)36(43)38(45)49-34-22-42-14-11-24(34)12-15-42/h3-10,17,19-20,24,32,34,36H,11-16,18,21-22H2,1-2H3/p+1/t32-,34-,36?/m0/s1. The van der Waals surface area contributed by atoms with Crippen molar-refractivity contribution in [1.29, 1.82) is 0 Å². The second-order valence-corrected chi connectivity index (χ2v) is 15.0. The smallest absolute Gasteiger partial charge is 0.348 e. The zero-order valence-corrected chi connectivity index (χ0v) is 30.4. The summed E-state index contributed by atoms with van der Waals surface area (Å²) in [6, 6.07) is 16.7. The molecule has 0 radical (unpaired) electrons. The van der Waals surface area contributed by atoms with Crippen LogP contribution in [-0.2, 0) is 33.7 Å². The molecule has 6 heterocycles. The number of fused-ring (bicyclic) bond motifs is 4. The topological polar surface area (TPSA) is 91.7 Å². The molecule has 12 heteroatoms. The number of H-pyrrole nitrogens is 1. The summed E-state index contributed by atoms with van der Waals surface area (Å²) in [5, 5.41) is 0.865. The van der Waals surface area contributed by atoms with Crippen LogP contribution in [0.25, 0.3) is 0 Å². The summed E-state index contributed by atoms with van der Waals surface area (Å²) >= 11 is 14.4. The third-order valence-electron chi connectivity index (χ3n) is 10.1. The number of hydrogen-bond donors (Lipinski definition) is 0. The highest BCUT2D eigenvalue weighted by atomic mass is 35.5. The number of rotatable bonds is 11. The molecule has 4 aliphatic rings. The summed E-state index contributed by atoms with van der Waals surface area (Å²) in [7, 11) is 3.12. The summed E-state index contributed by atoms with van der Waals surface area (Å²) in [5.74, 6) is 0.824. The molecule has 8 rings (SSSR count). The fraction of sp³-hybridized carbons (Fsp3) is 0.395. The Morgan fingerprint density at radius 3 is 2.44 bits per heavy atom. The lowest BCUT2D eigenvalue weighted by Gasteiger charge is -2.45. The number of methoxy groups -OCH3 is 2. The number of nitrogens with one attached hydrogen (secondary N) is 1. The summed E-state index contributed by atoms with van der Waals surface area (Å²) in [6.45, 7) is 4.18. The van der Waals surface area contributed by atoms with Crippen LogP contribution in [-0.4, -0.2) is 68.2 Å². The quantitative estimate of drug-likeness (QED) is 0.156. The predicted octanol–water partition coefficient (Wildman–Crippen LogP) is 6.76. The van der Waals surface area contributed by atoms with Crippen LogP contribution >= 0.6 is 34.5 Å². The van der Waals surface area contributed by atoms with Crippen molar-refractivity contribution in [2.45, 2.75) is 50.5 Å². The molecular formula is C38H40Cl2N3O6S+. The minimum Gasteiger partial charge on any atom is -0.493 e. The summed E-state index contributed by atoms with van der Waals surface area (Å²) in [6.07, 6.45) is 5.71. The average molecular weight is 738 g/mol. The zero-order chi connectivity index (χ0) is 34.8. The van der Waals surface area contributed by atoms with Crippen LogP contribution < -0.4 is 14.5 Å². The molecule has 50 heavy (non-hydrogen) atoms. The zero-order valence-electron chi connectivity index (χ0n) is 28.0. The second-order valence-electron chi connectivity index (χ2n) is 13.0. The van der Waals surface area contributed by atoms with Crippen molar-refractivity contribution in [3.63, 3.8) is 0 Å². The molecule has 4 aliphatic heterocycles. The van der Waals surface area contributed by atoms with E-state index in [1.165, 1.54) is 16.9 Å². The number of benzene rings is 2. The minimum absolute atomic E-state index is 0.0681. The van der Waals surface area contributed by atoms with Gasteiger partial charge in [-0.2, -0.15) is 0 Å². The molecule has 3 saturated heterocycles. The maximum Gasteiger partial charge on any atom is 0.348 e. The second kappa shape index (κ2) is 15.3. The van der Waals surface area contributed by atoms with Gasteiger partial charge in [0.05, 0.1) is 14.2 Å². The van der Waals surface area contributed by atoms with Gasteiger partial charge in [-0.15, -0.1) is 11.3 Å². The monoisotopic (exact) mass is 736 g/mol. The van der Waals surface area contributed by atoms with Crippen LogP contribution in [0.2, 0.25) is 10.0 Å². The number of carbonyl (C=O) groups excluding carboxylic acids is 2. The summed E-state index contributed by atoms with van der Waals surface area (Å²) in [5.41, 5.74) is 3.51. The van der Waals surface area contributed by atoms with E-state index >= 15 is 0 Å². The molecule has 0 amide bonds. The Hall–Kier alpha value is -3.67. The fourth-order valence-electron chi connectivity index (χ4n) is 7.42. The van der Waals surface area contributed by atoms with Crippen LogP contribution in [0.3, 0.4) is 0 Å². The first-order chi connectivity index (χ1) is 24.3. The number of hydrogen-bond acceptors (Lipinski definition) is 9. The molecule has 9 nitrogen and oxygen atoms in total. The normalized spacial score (nSPS) is 22.0. The van der Waals surface area contributed by atoms with Gasteiger partial charge in [-0.05, 0) is 79.2 Å². The number of nitrogens with zero attached hydrogens (tertiary/aromatic N) is 2. The van der Waals surface area contributed by atoms with Gasteiger partial charge in [0.1, 0.15) is 33.2 Å². The van der Waals surface area contributed by atoms with Gasteiger partial charge < -0.3 is 18.9 Å². The SMILES string of the molecule is COc1ccc([C@H](Cc2c(Cl)c[nH+]cc2Cl)OC(=O)c2ccc(CN3CCc4ccccc4C3C(=O)O[C@H]3CN4CCC3CC4)s2)cc1OC. The molecule has 2 bridgehead atoms. The van der Waals surface area contributed by atoms with E-state index in [4.69, 9.17) is 42.1 Å². The van der Waals surface area contributed by atoms with E-state index in [9.17, 15) is 9.59 Å². The predicted molar refractivity (Wildman–Crippen MR) is 191 cm³/mol. The first-order valence-corrected chi connectivity index (χ1v) is 18.5. The van der Waals surface area contributed by atoms with Crippen molar-refractivity contribution in [1.82, 2.24) is 9.80 Å². The third-order valence-corrected chi connectivity index (χ3v) is 11.8. The Kier molecular flexibility index (Phi) is 10.6. The van der Waals surface area contributed by atoms with E-state index in [0.29, 0.717) is 56.6 Å². The number of ether oxygens (including phenoxy) is 4. The Morgan fingerprint density at radius 2 is 1.72 bits per heavy atom. The molecule has 3 fully saturated rings. The first-order valence-electron chi connectivity index (χ1n) is 16.9. The van der Waals surface area contributed by atoms with Gasteiger partial charge in [-0.3, -0.25) is 9.80 Å².